The number of nitrogens with zero attached hydrogens (tertiary/aromatic N) is 5. The molecule has 2 aromatic heterocycles. The van der Waals surface area contributed by atoms with Crippen molar-refractivity contribution in [3.8, 4) is 11.4 Å². The first kappa shape index (κ1) is 19.4. The number of hydrogen-bond acceptors (Lipinski definition) is 4. The number of carbonyl (C=O) groups excluding carboxylic acids is 1. The van der Waals surface area contributed by atoms with Gasteiger partial charge < -0.3 is 9.47 Å². The molecule has 0 radical (unpaired) electrons. The monoisotopic (exact) mass is 393 g/mol. The summed E-state index contributed by atoms with van der Waals surface area (Å²) in [5.74, 6) is 1.17. The first-order chi connectivity index (χ1) is 14.1. The molecule has 1 aromatic carbocycles. The topological polar surface area (TPSA) is 72.5 Å². The second-order valence-corrected chi connectivity index (χ2v) is 7.74. The fourth-order valence-electron chi connectivity index (χ4n) is 4.00. The van der Waals surface area contributed by atoms with Crippen molar-refractivity contribution in [2.75, 3.05) is 13.1 Å². The molecule has 0 spiro atoms. The van der Waals surface area contributed by atoms with Crippen LogP contribution in [0.2, 0.25) is 0 Å². The van der Waals surface area contributed by atoms with Crippen molar-refractivity contribution in [3.05, 3.63) is 51.9 Å². The van der Waals surface area contributed by atoms with Crippen LogP contribution in [0.5, 0.6) is 0 Å². The van der Waals surface area contributed by atoms with Crippen molar-refractivity contribution >= 4 is 11.7 Å². The number of hydrogen-bond donors (Lipinski definition) is 0. The van der Waals surface area contributed by atoms with Crippen molar-refractivity contribution < 1.29 is 4.79 Å². The molecule has 0 aliphatic carbocycles. The number of aryl methyl sites for hydroxylation is 1. The van der Waals surface area contributed by atoms with Crippen LogP contribution < -0.4 is 5.56 Å². The van der Waals surface area contributed by atoms with E-state index >= 15 is 0 Å². The Labute approximate surface area is 170 Å². The minimum Gasteiger partial charge on any atom is -0.343 e. The average Bonchev–Trinajstić information content (AvgIpc) is 3.01. The van der Waals surface area contributed by atoms with Crippen molar-refractivity contribution in [2.45, 2.75) is 45.4 Å². The molecule has 0 bridgehead atoms. The average molecular weight is 393 g/mol. The summed E-state index contributed by atoms with van der Waals surface area (Å²) in [7, 11) is 1.88. The minimum atomic E-state index is -0.186. The molecule has 1 fully saturated rings. The van der Waals surface area contributed by atoms with E-state index in [1.807, 2.05) is 53.8 Å². The Bertz CT molecular complexity index is 1080. The molecule has 7 heteroatoms. The molecule has 3 aromatic rings. The third-order valence-electron chi connectivity index (χ3n) is 5.86. The lowest BCUT2D eigenvalue weighted by molar-refractivity contribution is -0.131. The second kappa shape index (κ2) is 8.19. The van der Waals surface area contributed by atoms with Gasteiger partial charge in [-0.3, -0.25) is 9.59 Å². The summed E-state index contributed by atoms with van der Waals surface area (Å²) in [5, 5.41) is 4.45. The minimum absolute atomic E-state index is 0.136. The highest BCUT2D eigenvalue weighted by molar-refractivity contribution is 5.76. The van der Waals surface area contributed by atoms with Gasteiger partial charge in [0.1, 0.15) is 0 Å². The van der Waals surface area contributed by atoms with Crippen molar-refractivity contribution in [3.63, 3.8) is 0 Å². The van der Waals surface area contributed by atoms with Crippen LogP contribution in [0, 0.1) is 6.92 Å². The van der Waals surface area contributed by atoms with E-state index < -0.39 is 0 Å². The summed E-state index contributed by atoms with van der Waals surface area (Å²) in [4.78, 5) is 32.3. The lowest BCUT2D eigenvalue weighted by Crippen LogP contribution is -2.33. The van der Waals surface area contributed by atoms with Gasteiger partial charge in [-0.15, -0.1) is 5.10 Å². The Kier molecular flexibility index (Phi) is 5.47. The Morgan fingerprint density at radius 3 is 2.45 bits per heavy atom. The lowest BCUT2D eigenvalue weighted by atomic mass is 10.1. The number of amides is 1. The molecule has 0 unspecified atom stereocenters. The Balaban J connectivity index is 1.63. The van der Waals surface area contributed by atoms with E-state index in [4.69, 9.17) is 0 Å². The fraction of sp³-hybridized carbons (Fsp3) is 0.455. The predicted molar refractivity (Wildman–Crippen MR) is 112 cm³/mol. The molecular weight excluding hydrogens is 366 g/mol. The fourth-order valence-corrected chi connectivity index (χ4v) is 4.00. The summed E-state index contributed by atoms with van der Waals surface area (Å²) < 4.78 is 3.24. The van der Waals surface area contributed by atoms with Crippen molar-refractivity contribution in [1.29, 1.82) is 0 Å². The molecule has 152 valence electrons. The number of fused-ring (bicyclic) bond motifs is 1. The quantitative estimate of drug-likeness (QED) is 0.683. The summed E-state index contributed by atoms with van der Waals surface area (Å²) >= 11 is 0. The Hall–Kier alpha value is -2.96. The van der Waals surface area contributed by atoms with Crippen LogP contribution >= 0.6 is 0 Å². The highest BCUT2D eigenvalue weighted by atomic mass is 16.2. The summed E-state index contributed by atoms with van der Waals surface area (Å²) in [6.07, 6.45) is 5.29. The molecule has 1 aliphatic heterocycles. The maximum Gasteiger partial charge on any atom is 0.279 e. The predicted octanol–water partition coefficient (Wildman–Crippen LogP) is 2.74. The van der Waals surface area contributed by atoms with Crippen LogP contribution in [0.4, 0.5) is 0 Å². The summed E-state index contributed by atoms with van der Waals surface area (Å²) in [6.45, 7) is 3.57. The van der Waals surface area contributed by atoms with Gasteiger partial charge in [0, 0.05) is 43.4 Å². The van der Waals surface area contributed by atoms with E-state index in [-0.39, 0.29) is 11.5 Å². The molecule has 1 aliphatic rings. The largest absolute Gasteiger partial charge is 0.343 e. The Morgan fingerprint density at radius 1 is 1.07 bits per heavy atom. The van der Waals surface area contributed by atoms with Crippen LogP contribution in [0.3, 0.4) is 0 Å². The van der Waals surface area contributed by atoms with Crippen molar-refractivity contribution in [1.82, 2.24) is 24.1 Å². The van der Waals surface area contributed by atoms with Gasteiger partial charge in [-0.1, -0.05) is 43.2 Å². The number of carbonyl (C=O) groups is 1. The summed E-state index contributed by atoms with van der Waals surface area (Å²) in [6, 6.07) is 9.62. The van der Waals surface area contributed by atoms with E-state index in [0.717, 1.165) is 37.2 Å². The standard InChI is InChI=1S/C22H27N5O2/c1-16-18(12-13-19(28)26-14-8-3-4-9-15-26)21(29)27-22(25(16)2)23-20(24-27)17-10-6-5-7-11-17/h5-7,10-11H,3-4,8-9,12-15H2,1-2H3. The lowest BCUT2D eigenvalue weighted by Gasteiger charge is -2.20. The molecule has 1 saturated heterocycles. The van der Waals surface area contributed by atoms with Crippen LogP contribution in [0.25, 0.3) is 17.2 Å². The number of likely N-dealkylation sites (tertiary alicyclic amines) is 1. The third kappa shape index (κ3) is 3.81. The maximum atomic E-state index is 13.1. The van der Waals surface area contributed by atoms with Gasteiger partial charge in [-0.2, -0.15) is 9.50 Å². The zero-order valence-corrected chi connectivity index (χ0v) is 17.1. The molecule has 3 heterocycles. The van der Waals surface area contributed by atoms with E-state index in [0.29, 0.717) is 30.0 Å². The van der Waals surface area contributed by atoms with Crippen LogP contribution in [0.15, 0.2) is 35.1 Å². The van der Waals surface area contributed by atoms with Crippen LogP contribution in [0.1, 0.15) is 43.4 Å². The number of rotatable bonds is 4. The molecule has 4 rings (SSSR count). The van der Waals surface area contributed by atoms with Gasteiger partial charge in [0.15, 0.2) is 5.82 Å². The van der Waals surface area contributed by atoms with E-state index in [1.165, 1.54) is 17.4 Å². The van der Waals surface area contributed by atoms with Gasteiger partial charge in [0.25, 0.3) is 5.56 Å². The molecular formula is C22H27N5O2. The van der Waals surface area contributed by atoms with Gasteiger partial charge >= 0.3 is 0 Å². The highest BCUT2D eigenvalue weighted by Crippen LogP contribution is 2.17. The van der Waals surface area contributed by atoms with Gasteiger partial charge in [-0.25, -0.2) is 0 Å². The molecule has 7 nitrogen and oxygen atoms in total. The first-order valence-electron chi connectivity index (χ1n) is 10.3. The molecule has 0 saturated carbocycles. The molecule has 29 heavy (non-hydrogen) atoms. The normalized spacial score (nSPS) is 14.9. The third-order valence-corrected chi connectivity index (χ3v) is 5.86. The Morgan fingerprint density at radius 2 is 1.76 bits per heavy atom. The first-order valence-corrected chi connectivity index (χ1v) is 10.3. The molecule has 1 amide bonds. The van der Waals surface area contributed by atoms with Gasteiger partial charge in [-0.05, 0) is 26.2 Å². The van der Waals surface area contributed by atoms with E-state index in [9.17, 15) is 9.59 Å². The zero-order valence-electron chi connectivity index (χ0n) is 17.1. The highest BCUT2D eigenvalue weighted by Gasteiger charge is 2.20. The van der Waals surface area contributed by atoms with Crippen LogP contribution in [-0.4, -0.2) is 43.1 Å². The molecule has 0 N–H and O–H groups in total. The van der Waals surface area contributed by atoms with Crippen LogP contribution in [-0.2, 0) is 18.3 Å². The second-order valence-electron chi connectivity index (χ2n) is 7.74. The van der Waals surface area contributed by atoms with Crippen molar-refractivity contribution in [2.24, 2.45) is 7.05 Å². The number of aromatic nitrogens is 4. The number of benzene rings is 1. The van der Waals surface area contributed by atoms with Gasteiger partial charge in [0.05, 0.1) is 0 Å². The SMILES string of the molecule is Cc1c(CCC(=O)N2CCCCCC2)c(=O)n2nc(-c3ccccc3)nc2n1C. The maximum absolute atomic E-state index is 13.1. The zero-order chi connectivity index (χ0) is 20.4. The van der Waals surface area contributed by atoms with E-state index in [2.05, 4.69) is 10.1 Å². The smallest absolute Gasteiger partial charge is 0.279 e. The van der Waals surface area contributed by atoms with E-state index in [1.54, 1.807) is 0 Å². The molecule has 0 atom stereocenters. The summed E-state index contributed by atoms with van der Waals surface area (Å²) in [5.41, 5.74) is 2.14. The van der Waals surface area contributed by atoms with Gasteiger partial charge in [0.2, 0.25) is 11.7 Å².